The van der Waals surface area contributed by atoms with Crippen LogP contribution in [0.2, 0.25) is 5.02 Å². The van der Waals surface area contributed by atoms with E-state index in [1.54, 1.807) is 12.1 Å². The normalized spacial score (nSPS) is 12.2. The number of hydrogen-bond donors (Lipinski definition) is 1. The van der Waals surface area contributed by atoms with Crippen molar-refractivity contribution in [1.82, 2.24) is 5.32 Å². The topological polar surface area (TPSA) is 84.9 Å². The SMILES string of the molecule is COc1ccc(Cl)cc1N([C@H](C)C(=O)NCCOc1ccc(C)cc1)S(C)(=O)=O. The van der Waals surface area contributed by atoms with Gasteiger partial charge < -0.3 is 14.8 Å². The van der Waals surface area contributed by atoms with Gasteiger partial charge in [0.05, 0.1) is 25.6 Å². The monoisotopic (exact) mass is 440 g/mol. The fourth-order valence-corrected chi connectivity index (χ4v) is 4.08. The van der Waals surface area contributed by atoms with Gasteiger partial charge in [0.2, 0.25) is 15.9 Å². The van der Waals surface area contributed by atoms with E-state index in [-0.39, 0.29) is 18.8 Å². The third-order valence-electron chi connectivity index (χ3n) is 4.16. The molecule has 0 saturated heterocycles. The largest absolute Gasteiger partial charge is 0.495 e. The van der Waals surface area contributed by atoms with Crippen LogP contribution in [0.25, 0.3) is 0 Å². The zero-order chi connectivity index (χ0) is 21.6. The van der Waals surface area contributed by atoms with Crippen molar-refractivity contribution in [3.05, 3.63) is 53.1 Å². The quantitative estimate of drug-likeness (QED) is 0.606. The minimum Gasteiger partial charge on any atom is -0.495 e. The van der Waals surface area contributed by atoms with Crippen LogP contribution in [0.4, 0.5) is 5.69 Å². The van der Waals surface area contributed by atoms with Crippen molar-refractivity contribution in [3.8, 4) is 11.5 Å². The number of carbonyl (C=O) groups excluding carboxylic acids is 1. The number of rotatable bonds is 9. The molecule has 0 saturated carbocycles. The minimum atomic E-state index is -3.79. The van der Waals surface area contributed by atoms with Crippen LogP contribution >= 0.6 is 11.6 Å². The Hall–Kier alpha value is -2.45. The third-order valence-corrected chi connectivity index (χ3v) is 5.62. The van der Waals surface area contributed by atoms with Crippen LogP contribution in [0.15, 0.2) is 42.5 Å². The van der Waals surface area contributed by atoms with E-state index in [1.165, 1.54) is 20.1 Å². The van der Waals surface area contributed by atoms with Crippen molar-refractivity contribution >= 4 is 33.2 Å². The highest BCUT2D eigenvalue weighted by Crippen LogP contribution is 2.34. The van der Waals surface area contributed by atoms with Gasteiger partial charge in [-0.25, -0.2) is 8.42 Å². The second-order valence-electron chi connectivity index (χ2n) is 6.50. The molecule has 1 N–H and O–H groups in total. The van der Waals surface area contributed by atoms with Gasteiger partial charge in [0.1, 0.15) is 24.1 Å². The molecule has 0 aliphatic rings. The summed E-state index contributed by atoms with van der Waals surface area (Å²) in [5.41, 5.74) is 1.32. The first-order valence-corrected chi connectivity index (χ1v) is 11.2. The highest BCUT2D eigenvalue weighted by molar-refractivity contribution is 7.92. The van der Waals surface area contributed by atoms with Gasteiger partial charge in [-0.3, -0.25) is 9.10 Å². The lowest BCUT2D eigenvalue weighted by Gasteiger charge is -2.29. The van der Waals surface area contributed by atoms with Crippen molar-refractivity contribution in [2.75, 3.05) is 30.8 Å². The molecule has 0 aliphatic carbocycles. The standard InChI is InChI=1S/C20H25ClN2O5S/c1-14-5-8-17(9-6-14)28-12-11-22-20(24)15(2)23(29(4,25)26)18-13-16(21)7-10-19(18)27-3/h5-10,13,15H,11-12H2,1-4H3,(H,22,24)/t15-/m1/s1. The molecule has 0 fully saturated rings. The first kappa shape index (κ1) is 22.8. The number of methoxy groups -OCH3 is 1. The second kappa shape index (κ2) is 9.84. The summed E-state index contributed by atoms with van der Waals surface area (Å²) < 4.78 is 36.7. The van der Waals surface area contributed by atoms with Crippen molar-refractivity contribution in [1.29, 1.82) is 0 Å². The summed E-state index contributed by atoms with van der Waals surface area (Å²) in [7, 11) is -2.37. The first-order valence-electron chi connectivity index (χ1n) is 8.93. The Balaban J connectivity index is 2.07. The van der Waals surface area contributed by atoms with Crippen LogP contribution in [-0.2, 0) is 14.8 Å². The summed E-state index contributed by atoms with van der Waals surface area (Å²) in [6, 6.07) is 11.1. The summed E-state index contributed by atoms with van der Waals surface area (Å²) >= 11 is 6.03. The summed E-state index contributed by atoms with van der Waals surface area (Å²) in [5.74, 6) is 0.520. The molecule has 158 valence electrons. The minimum absolute atomic E-state index is 0.195. The number of nitrogens with zero attached hydrogens (tertiary/aromatic N) is 1. The second-order valence-corrected chi connectivity index (χ2v) is 8.80. The van der Waals surface area contributed by atoms with Gasteiger partial charge in [-0.15, -0.1) is 0 Å². The fourth-order valence-electron chi connectivity index (χ4n) is 2.74. The van der Waals surface area contributed by atoms with Gasteiger partial charge in [0.15, 0.2) is 0 Å². The molecule has 0 heterocycles. The molecule has 1 amide bonds. The van der Waals surface area contributed by atoms with Gasteiger partial charge in [-0.1, -0.05) is 29.3 Å². The number of nitrogens with one attached hydrogen (secondary N) is 1. The lowest BCUT2D eigenvalue weighted by Crippen LogP contribution is -2.48. The van der Waals surface area contributed by atoms with Gasteiger partial charge in [0, 0.05) is 5.02 Å². The van der Waals surface area contributed by atoms with E-state index in [0.29, 0.717) is 16.5 Å². The molecule has 0 unspecified atom stereocenters. The molecule has 0 radical (unpaired) electrons. The maximum Gasteiger partial charge on any atom is 0.243 e. The van der Waals surface area contributed by atoms with E-state index in [9.17, 15) is 13.2 Å². The van der Waals surface area contributed by atoms with Crippen LogP contribution in [0.1, 0.15) is 12.5 Å². The van der Waals surface area contributed by atoms with Gasteiger partial charge in [-0.05, 0) is 44.2 Å². The average Bonchev–Trinajstić information content (AvgIpc) is 2.65. The zero-order valence-electron chi connectivity index (χ0n) is 16.8. The summed E-state index contributed by atoms with van der Waals surface area (Å²) in [5, 5.41) is 3.02. The molecule has 0 spiro atoms. The Morgan fingerprint density at radius 2 is 1.86 bits per heavy atom. The number of aryl methyl sites for hydroxylation is 1. The molecule has 2 aromatic carbocycles. The Morgan fingerprint density at radius 3 is 2.45 bits per heavy atom. The highest BCUT2D eigenvalue weighted by atomic mass is 35.5. The smallest absolute Gasteiger partial charge is 0.243 e. The number of sulfonamides is 1. The number of hydrogen-bond acceptors (Lipinski definition) is 5. The Morgan fingerprint density at radius 1 is 1.21 bits per heavy atom. The highest BCUT2D eigenvalue weighted by Gasteiger charge is 2.31. The molecule has 1 atom stereocenters. The van der Waals surface area contributed by atoms with E-state index >= 15 is 0 Å². The molecule has 0 bridgehead atoms. The van der Waals surface area contributed by atoms with E-state index in [4.69, 9.17) is 21.1 Å². The van der Waals surface area contributed by atoms with E-state index < -0.39 is 22.0 Å². The lowest BCUT2D eigenvalue weighted by atomic mass is 10.2. The molecule has 0 aromatic heterocycles. The van der Waals surface area contributed by atoms with Gasteiger partial charge in [0.25, 0.3) is 0 Å². The summed E-state index contributed by atoms with van der Waals surface area (Å²) in [6.45, 7) is 3.95. The van der Waals surface area contributed by atoms with E-state index in [0.717, 1.165) is 16.1 Å². The molecular weight excluding hydrogens is 416 g/mol. The molecule has 2 aromatic rings. The Kier molecular flexibility index (Phi) is 7.75. The lowest BCUT2D eigenvalue weighted by molar-refractivity contribution is -0.121. The van der Waals surface area contributed by atoms with Crippen LogP contribution in [0.3, 0.4) is 0 Å². The maximum absolute atomic E-state index is 12.6. The number of anilines is 1. The van der Waals surface area contributed by atoms with E-state index in [2.05, 4.69) is 5.32 Å². The van der Waals surface area contributed by atoms with Crippen molar-refractivity contribution in [2.45, 2.75) is 19.9 Å². The molecule has 29 heavy (non-hydrogen) atoms. The average molecular weight is 441 g/mol. The van der Waals surface area contributed by atoms with Crippen molar-refractivity contribution < 1.29 is 22.7 Å². The fraction of sp³-hybridized carbons (Fsp3) is 0.350. The number of ether oxygens (including phenoxy) is 2. The maximum atomic E-state index is 12.6. The first-order chi connectivity index (χ1) is 13.6. The summed E-state index contributed by atoms with van der Waals surface area (Å²) in [4.78, 5) is 12.6. The van der Waals surface area contributed by atoms with Crippen LogP contribution < -0.4 is 19.1 Å². The molecule has 0 aliphatic heterocycles. The van der Waals surface area contributed by atoms with Gasteiger partial charge in [-0.2, -0.15) is 0 Å². The van der Waals surface area contributed by atoms with Gasteiger partial charge >= 0.3 is 0 Å². The van der Waals surface area contributed by atoms with E-state index in [1.807, 2.05) is 31.2 Å². The Labute approximate surface area is 176 Å². The van der Waals surface area contributed by atoms with Crippen LogP contribution in [0, 0.1) is 6.92 Å². The van der Waals surface area contributed by atoms with Crippen molar-refractivity contribution in [3.63, 3.8) is 0 Å². The molecule has 2 rings (SSSR count). The number of amides is 1. The summed E-state index contributed by atoms with van der Waals surface area (Å²) in [6.07, 6.45) is 1.03. The van der Waals surface area contributed by atoms with Crippen LogP contribution in [0.5, 0.6) is 11.5 Å². The number of benzene rings is 2. The molecular formula is C20H25ClN2O5S. The van der Waals surface area contributed by atoms with Crippen molar-refractivity contribution in [2.24, 2.45) is 0 Å². The zero-order valence-corrected chi connectivity index (χ0v) is 18.4. The predicted molar refractivity (Wildman–Crippen MR) is 114 cm³/mol. The number of halogens is 1. The molecule has 7 nitrogen and oxygen atoms in total. The molecule has 9 heteroatoms. The number of carbonyl (C=O) groups is 1. The predicted octanol–water partition coefficient (Wildman–Crippen LogP) is 3.01. The third kappa shape index (κ3) is 6.27. The van der Waals surface area contributed by atoms with Crippen LogP contribution in [-0.4, -0.2) is 46.9 Å². The Bertz CT molecular complexity index is 948.